The molecular formula is C17H13FN4O2. The zero-order valence-electron chi connectivity index (χ0n) is 12.7. The van der Waals surface area contributed by atoms with Crippen molar-refractivity contribution >= 4 is 11.7 Å². The third kappa shape index (κ3) is 3.05. The summed E-state index contributed by atoms with van der Waals surface area (Å²) in [5, 5.41) is 6.52. The third-order valence-electron chi connectivity index (χ3n) is 3.31. The summed E-state index contributed by atoms with van der Waals surface area (Å²) in [4.78, 5) is 28.3. The number of nitrogens with one attached hydrogen (secondary N) is 1. The number of aryl methyl sites for hydroxylation is 1. The quantitative estimate of drug-likeness (QED) is 0.802. The highest BCUT2D eigenvalue weighted by atomic mass is 19.1. The van der Waals surface area contributed by atoms with Gasteiger partial charge in [-0.15, -0.1) is 0 Å². The Morgan fingerprint density at radius 2 is 1.92 bits per heavy atom. The van der Waals surface area contributed by atoms with E-state index in [1.54, 1.807) is 37.3 Å². The molecule has 2 heterocycles. The molecule has 120 valence electrons. The minimum absolute atomic E-state index is 0.155. The van der Waals surface area contributed by atoms with Crippen molar-refractivity contribution in [3.8, 4) is 5.69 Å². The number of carbonyl (C=O) groups is 1. The second kappa shape index (κ2) is 6.41. The van der Waals surface area contributed by atoms with Crippen LogP contribution in [0.2, 0.25) is 0 Å². The highest BCUT2D eigenvalue weighted by Gasteiger charge is 2.17. The minimum atomic E-state index is -0.705. The molecule has 0 aliphatic carbocycles. The Morgan fingerprint density at radius 3 is 2.62 bits per heavy atom. The van der Waals surface area contributed by atoms with Gasteiger partial charge in [0.05, 0.1) is 0 Å². The Balaban J connectivity index is 2.03. The summed E-state index contributed by atoms with van der Waals surface area (Å²) in [5.74, 6) is -0.918. The number of nitrogens with zero attached hydrogens (tertiary/aromatic N) is 3. The topological polar surface area (TPSA) is 76.9 Å². The van der Waals surface area contributed by atoms with E-state index in [4.69, 9.17) is 0 Å². The van der Waals surface area contributed by atoms with Crippen LogP contribution in [0.15, 0.2) is 59.5 Å². The van der Waals surface area contributed by atoms with Crippen LogP contribution >= 0.6 is 0 Å². The zero-order chi connectivity index (χ0) is 17.1. The van der Waals surface area contributed by atoms with Crippen LogP contribution in [0.1, 0.15) is 16.2 Å². The molecule has 0 saturated carbocycles. The van der Waals surface area contributed by atoms with Crippen molar-refractivity contribution in [2.75, 3.05) is 5.32 Å². The van der Waals surface area contributed by atoms with Gasteiger partial charge in [0.2, 0.25) is 5.43 Å². The van der Waals surface area contributed by atoms with Crippen LogP contribution in [0.5, 0.6) is 0 Å². The molecule has 1 amide bonds. The van der Waals surface area contributed by atoms with E-state index in [1.807, 2.05) is 0 Å². The van der Waals surface area contributed by atoms with Gasteiger partial charge in [-0.05, 0) is 31.2 Å². The van der Waals surface area contributed by atoms with E-state index in [0.717, 1.165) is 0 Å². The number of halogens is 1. The number of rotatable bonds is 3. The second-order valence-corrected chi connectivity index (χ2v) is 5.03. The van der Waals surface area contributed by atoms with E-state index in [-0.39, 0.29) is 11.4 Å². The standard InChI is InChI=1S/C17H13FN4O2/c1-11-10-14(23)16(17(24)20-15-8-4-5-9-19-15)21-22(11)13-7-3-2-6-12(13)18/h2-10H,1H3,(H,19,20,24). The fourth-order valence-electron chi connectivity index (χ4n) is 2.18. The van der Waals surface area contributed by atoms with E-state index in [0.29, 0.717) is 11.5 Å². The molecule has 0 spiro atoms. The Hall–Kier alpha value is -3.35. The van der Waals surface area contributed by atoms with E-state index in [2.05, 4.69) is 15.4 Å². The van der Waals surface area contributed by atoms with Gasteiger partial charge >= 0.3 is 0 Å². The van der Waals surface area contributed by atoms with Crippen molar-refractivity contribution < 1.29 is 9.18 Å². The van der Waals surface area contributed by atoms with Gasteiger partial charge in [-0.3, -0.25) is 9.59 Å². The molecule has 0 atom stereocenters. The SMILES string of the molecule is Cc1cc(=O)c(C(=O)Nc2ccccn2)nn1-c1ccccc1F. The fraction of sp³-hybridized carbons (Fsp3) is 0.0588. The van der Waals surface area contributed by atoms with Crippen molar-refractivity contribution in [1.82, 2.24) is 14.8 Å². The first kappa shape index (κ1) is 15.5. The second-order valence-electron chi connectivity index (χ2n) is 5.03. The summed E-state index contributed by atoms with van der Waals surface area (Å²) >= 11 is 0. The first-order chi connectivity index (χ1) is 11.6. The van der Waals surface area contributed by atoms with Gasteiger partial charge in [0.1, 0.15) is 17.3 Å². The lowest BCUT2D eigenvalue weighted by atomic mass is 10.2. The Labute approximate surface area is 136 Å². The van der Waals surface area contributed by atoms with Crippen molar-refractivity contribution in [1.29, 1.82) is 0 Å². The highest BCUT2D eigenvalue weighted by Crippen LogP contribution is 2.13. The van der Waals surface area contributed by atoms with Crippen LogP contribution in [0.4, 0.5) is 10.2 Å². The normalized spacial score (nSPS) is 10.4. The molecule has 7 heteroatoms. The average Bonchev–Trinajstić information content (AvgIpc) is 2.57. The monoisotopic (exact) mass is 324 g/mol. The summed E-state index contributed by atoms with van der Waals surface area (Å²) in [6.07, 6.45) is 1.51. The average molecular weight is 324 g/mol. The lowest BCUT2D eigenvalue weighted by Gasteiger charge is -2.11. The maximum Gasteiger partial charge on any atom is 0.281 e. The smallest absolute Gasteiger partial charge is 0.281 e. The van der Waals surface area contributed by atoms with Crippen molar-refractivity contribution in [3.05, 3.63) is 82.2 Å². The Morgan fingerprint density at radius 1 is 1.17 bits per heavy atom. The van der Waals surface area contributed by atoms with Crippen LogP contribution in [-0.2, 0) is 0 Å². The van der Waals surface area contributed by atoms with Crippen LogP contribution < -0.4 is 10.7 Å². The maximum absolute atomic E-state index is 14.0. The van der Waals surface area contributed by atoms with Crippen molar-refractivity contribution in [3.63, 3.8) is 0 Å². The van der Waals surface area contributed by atoms with Gasteiger partial charge in [0.15, 0.2) is 5.69 Å². The van der Waals surface area contributed by atoms with E-state index in [1.165, 1.54) is 29.1 Å². The highest BCUT2D eigenvalue weighted by molar-refractivity contribution is 6.02. The molecule has 6 nitrogen and oxygen atoms in total. The molecule has 0 aliphatic rings. The molecule has 0 saturated heterocycles. The summed E-state index contributed by atoms with van der Waals surface area (Å²) in [7, 11) is 0. The van der Waals surface area contributed by atoms with Crippen LogP contribution in [-0.4, -0.2) is 20.7 Å². The summed E-state index contributed by atoms with van der Waals surface area (Å²) in [6.45, 7) is 1.61. The molecule has 3 aromatic rings. The summed E-state index contributed by atoms with van der Waals surface area (Å²) in [6, 6.07) is 12.2. The predicted octanol–water partition coefficient (Wildman–Crippen LogP) is 2.33. The molecule has 0 radical (unpaired) electrons. The van der Waals surface area contributed by atoms with Gasteiger partial charge in [0.25, 0.3) is 5.91 Å². The molecule has 1 N–H and O–H groups in total. The van der Waals surface area contributed by atoms with Gasteiger partial charge in [-0.1, -0.05) is 18.2 Å². The molecular weight excluding hydrogens is 311 g/mol. The van der Waals surface area contributed by atoms with Gasteiger partial charge in [0, 0.05) is 18.0 Å². The molecule has 0 fully saturated rings. The number of hydrogen-bond donors (Lipinski definition) is 1. The number of amides is 1. The first-order valence-electron chi connectivity index (χ1n) is 7.14. The van der Waals surface area contributed by atoms with Crippen molar-refractivity contribution in [2.45, 2.75) is 6.92 Å². The van der Waals surface area contributed by atoms with Crippen LogP contribution in [0.25, 0.3) is 5.69 Å². The predicted molar refractivity (Wildman–Crippen MR) is 86.7 cm³/mol. The van der Waals surface area contributed by atoms with Crippen LogP contribution in [0, 0.1) is 12.7 Å². The zero-order valence-corrected chi connectivity index (χ0v) is 12.7. The first-order valence-corrected chi connectivity index (χ1v) is 7.14. The Bertz CT molecular complexity index is 954. The number of carbonyl (C=O) groups excluding carboxylic acids is 1. The lowest BCUT2D eigenvalue weighted by molar-refractivity contribution is 0.101. The number of hydrogen-bond acceptors (Lipinski definition) is 4. The van der Waals surface area contributed by atoms with Crippen molar-refractivity contribution in [2.24, 2.45) is 0 Å². The summed E-state index contributed by atoms with van der Waals surface area (Å²) in [5.41, 5.74) is -0.315. The van der Waals surface area contributed by atoms with Crippen LogP contribution in [0.3, 0.4) is 0 Å². The molecule has 24 heavy (non-hydrogen) atoms. The third-order valence-corrected chi connectivity index (χ3v) is 3.31. The summed E-state index contributed by atoms with van der Waals surface area (Å²) < 4.78 is 15.2. The van der Waals surface area contributed by atoms with E-state index in [9.17, 15) is 14.0 Å². The number of pyridine rings is 1. The van der Waals surface area contributed by atoms with Gasteiger partial charge < -0.3 is 5.32 Å². The van der Waals surface area contributed by atoms with E-state index < -0.39 is 17.2 Å². The molecule has 0 bridgehead atoms. The number of aromatic nitrogens is 3. The molecule has 0 aliphatic heterocycles. The van der Waals surface area contributed by atoms with E-state index >= 15 is 0 Å². The largest absolute Gasteiger partial charge is 0.305 e. The molecule has 1 aromatic carbocycles. The fourth-order valence-corrected chi connectivity index (χ4v) is 2.18. The van der Waals surface area contributed by atoms with Gasteiger partial charge in [-0.2, -0.15) is 5.10 Å². The Kier molecular flexibility index (Phi) is 4.15. The van der Waals surface area contributed by atoms with Gasteiger partial charge in [-0.25, -0.2) is 14.1 Å². The molecule has 3 rings (SSSR count). The lowest BCUT2D eigenvalue weighted by Crippen LogP contribution is -2.27. The minimum Gasteiger partial charge on any atom is -0.305 e. The maximum atomic E-state index is 14.0. The number of benzene rings is 1. The number of para-hydroxylation sites is 1. The molecule has 2 aromatic heterocycles. The molecule has 0 unspecified atom stereocenters. The number of anilines is 1.